The number of pyridine rings is 1. The first-order chi connectivity index (χ1) is 15.7. The Balaban J connectivity index is 1.49. The Morgan fingerprint density at radius 3 is 2.72 bits per heavy atom. The van der Waals surface area contributed by atoms with Gasteiger partial charge < -0.3 is 10.2 Å². The molecule has 0 radical (unpaired) electrons. The highest BCUT2D eigenvalue weighted by molar-refractivity contribution is 5.81. The van der Waals surface area contributed by atoms with Gasteiger partial charge in [0.05, 0.1) is 5.69 Å². The van der Waals surface area contributed by atoms with Crippen molar-refractivity contribution in [2.75, 3.05) is 24.5 Å². The zero-order valence-electron chi connectivity index (χ0n) is 18.0. The molecule has 2 aliphatic heterocycles. The number of halogens is 1. The molecule has 1 aromatic carbocycles. The van der Waals surface area contributed by atoms with Gasteiger partial charge in [-0.2, -0.15) is 0 Å². The lowest BCUT2D eigenvalue weighted by Gasteiger charge is -2.24. The Kier molecular flexibility index (Phi) is 4.64. The minimum Gasteiger partial charge on any atom is -0.353 e. The Morgan fingerprint density at radius 2 is 1.91 bits per heavy atom. The van der Waals surface area contributed by atoms with Crippen molar-refractivity contribution in [3.05, 3.63) is 66.2 Å². The van der Waals surface area contributed by atoms with Crippen molar-refractivity contribution in [1.82, 2.24) is 24.9 Å². The molecule has 2 fully saturated rings. The molecule has 2 saturated heterocycles. The average molecular weight is 429 g/mol. The monoisotopic (exact) mass is 428 g/mol. The fourth-order valence-electron chi connectivity index (χ4n) is 5.09. The van der Waals surface area contributed by atoms with Crippen LogP contribution in [0.4, 0.5) is 10.2 Å². The summed E-state index contributed by atoms with van der Waals surface area (Å²) >= 11 is 0. The number of nitrogens with zero attached hydrogens (tertiary/aromatic N) is 5. The topological polar surface area (TPSA) is 58.4 Å². The van der Waals surface area contributed by atoms with Gasteiger partial charge in [-0.25, -0.2) is 13.9 Å². The van der Waals surface area contributed by atoms with Crippen molar-refractivity contribution in [1.29, 1.82) is 0 Å². The maximum atomic E-state index is 13.6. The largest absolute Gasteiger partial charge is 0.353 e. The van der Waals surface area contributed by atoms with Gasteiger partial charge in [0.1, 0.15) is 17.3 Å². The minimum absolute atomic E-state index is 0.261. The molecule has 0 bridgehead atoms. The lowest BCUT2D eigenvalue weighted by atomic mass is 9.94. The molecular formula is C25H25FN6. The summed E-state index contributed by atoms with van der Waals surface area (Å²) in [5.41, 5.74) is 5.23. The van der Waals surface area contributed by atoms with Crippen LogP contribution in [0.15, 0.2) is 54.7 Å². The number of aromatic nitrogens is 4. The van der Waals surface area contributed by atoms with E-state index in [1.165, 1.54) is 25.0 Å². The number of piperidine rings is 1. The molecule has 2 aliphatic rings. The van der Waals surface area contributed by atoms with Crippen LogP contribution in [0, 0.1) is 18.7 Å². The van der Waals surface area contributed by atoms with Crippen LogP contribution in [0.25, 0.3) is 28.2 Å². The summed E-state index contributed by atoms with van der Waals surface area (Å²) in [5.74, 6) is 1.38. The molecule has 6 rings (SSSR count). The maximum Gasteiger partial charge on any atom is 0.155 e. The summed E-state index contributed by atoms with van der Waals surface area (Å²) in [6.45, 7) is 5.09. The van der Waals surface area contributed by atoms with Crippen LogP contribution in [-0.4, -0.2) is 45.3 Å². The van der Waals surface area contributed by atoms with E-state index in [0.717, 1.165) is 59.3 Å². The third kappa shape index (κ3) is 3.33. The second-order valence-electron chi connectivity index (χ2n) is 8.83. The zero-order valence-corrected chi connectivity index (χ0v) is 18.0. The number of nitrogens with one attached hydrogen (secondary N) is 1. The molecule has 3 aromatic heterocycles. The number of rotatable bonds is 3. The number of benzene rings is 1. The van der Waals surface area contributed by atoms with E-state index < -0.39 is 0 Å². The molecule has 162 valence electrons. The van der Waals surface area contributed by atoms with Crippen molar-refractivity contribution >= 4 is 11.5 Å². The fraction of sp³-hybridized carbons (Fsp3) is 0.320. The van der Waals surface area contributed by atoms with Crippen LogP contribution in [-0.2, 0) is 0 Å². The van der Waals surface area contributed by atoms with E-state index in [0.29, 0.717) is 12.0 Å². The molecule has 0 aliphatic carbocycles. The van der Waals surface area contributed by atoms with Crippen LogP contribution in [0.3, 0.4) is 0 Å². The molecule has 32 heavy (non-hydrogen) atoms. The van der Waals surface area contributed by atoms with E-state index >= 15 is 0 Å². The van der Waals surface area contributed by atoms with Crippen LogP contribution >= 0.6 is 0 Å². The molecule has 0 amide bonds. The lowest BCUT2D eigenvalue weighted by molar-refractivity contribution is 0.340. The van der Waals surface area contributed by atoms with E-state index in [1.54, 1.807) is 18.3 Å². The summed E-state index contributed by atoms with van der Waals surface area (Å²) in [6, 6.07) is 15.1. The predicted molar refractivity (Wildman–Crippen MR) is 123 cm³/mol. The molecule has 7 heteroatoms. The standard InChI is InChI=1S/C25H25FN6/c1-16-13-18(10-12-27-16)25-24(17-4-6-20(26)7-5-17)29-22-8-9-23(30-32(22)25)31-14-19-3-2-11-28-21(19)15-31/h4-10,12-13,19,21,28H,2-3,11,14-15H2,1H3/t19-,21+/m1/s1. The summed E-state index contributed by atoms with van der Waals surface area (Å²) < 4.78 is 15.5. The van der Waals surface area contributed by atoms with Gasteiger partial charge in [-0.05, 0) is 80.8 Å². The van der Waals surface area contributed by atoms with E-state index in [1.807, 2.05) is 29.6 Å². The molecule has 5 heterocycles. The average Bonchev–Trinajstić information content (AvgIpc) is 3.41. The number of hydrogen-bond donors (Lipinski definition) is 1. The Labute approximate surface area is 186 Å². The molecule has 0 spiro atoms. The van der Waals surface area contributed by atoms with Gasteiger partial charge in [-0.15, -0.1) is 5.10 Å². The van der Waals surface area contributed by atoms with Crippen LogP contribution in [0.1, 0.15) is 18.5 Å². The molecule has 2 atom stereocenters. The number of aryl methyl sites for hydroxylation is 1. The van der Waals surface area contributed by atoms with Crippen molar-refractivity contribution in [2.45, 2.75) is 25.8 Å². The van der Waals surface area contributed by atoms with Gasteiger partial charge in [0.2, 0.25) is 0 Å². The van der Waals surface area contributed by atoms with E-state index in [2.05, 4.69) is 21.3 Å². The molecule has 4 aromatic rings. The fourth-order valence-corrected chi connectivity index (χ4v) is 5.09. The third-order valence-corrected chi connectivity index (χ3v) is 6.67. The van der Waals surface area contributed by atoms with Crippen LogP contribution in [0.5, 0.6) is 0 Å². The number of imidazole rings is 1. The summed E-state index contributed by atoms with van der Waals surface area (Å²) in [5, 5.41) is 8.71. The summed E-state index contributed by atoms with van der Waals surface area (Å²) in [4.78, 5) is 11.6. The van der Waals surface area contributed by atoms with Crippen LogP contribution < -0.4 is 10.2 Å². The highest BCUT2D eigenvalue weighted by atomic mass is 19.1. The molecule has 6 nitrogen and oxygen atoms in total. The van der Waals surface area contributed by atoms with Gasteiger partial charge in [0.15, 0.2) is 5.65 Å². The first-order valence-corrected chi connectivity index (χ1v) is 11.2. The quantitative estimate of drug-likeness (QED) is 0.533. The highest BCUT2D eigenvalue weighted by Gasteiger charge is 2.35. The van der Waals surface area contributed by atoms with Gasteiger partial charge in [-0.3, -0.25) is 4.98 Å². The molecular weight excluding hydrogens is 403 g/mol. The van der Waals surface area contributed by atoms with Crippen molar-refractivity contribution in [3.8, 4) is 22.5 Å². The SMILES string of the molecule is Cc1cc(-c2c(-c3ccc(F)cc3)nc3ccc(N4C[C@H]5CCCN[C@H]5C4)nn23)ccn1. The van der Waals surface area contributed by atoms with Gasteiger partial charge in [-0.1, -0.05) is 0 Å². The van der Waals surface area contributed by atoms with Crippen molar-refractivity contribution in [3.63, 3.8) is 0 Å². The molecule has 0 unspecified atom stereocenters. The normalized spacial score (nSPS) is 20.6. The third-order valence-electron chi connectivity index (χ3n) is 6.67. The minimum atomic E-state index is -0.261. The second kappa shape index (κ2) is 7.67. The van der Waals surface area contributed by atoms with Gasteiger partial charge >= 0.3 is 0 Å². The van der Waals surface area contributed by atoms with Gasteiger partial charge in [0.25, 0.3) is 0 Å². The van der Waals surface area contributed by atoms with E-state index in [4.69, 9.17) is 10.1 Å². The summed E-state index contributed by atoms with van der Waals surface area (Å²) in [7, 11) is 0. The first kappa shape index (κ1) is 19.4. The Morgan fingerprint density at radius 1 is 1.03 bits per heavy atom. The highest BCUT2D eigenvalue weighted by Crippen LogP contribution is 2.34. The predicted octanol–water partition coefficient (Wildman–Crippen LogP) is 4.09. The molecule has 1 N–H and O–H groups in total. The Bertz CT molecular complexity index is 1270. The van der Waals surface area contributed by atoms with E-state index in [-0.39, 0.29) is 5.82 Å². The van der Waals surface area contributed by atoms with Gasteiger partial charge in [0, 0.05) is 42.1 Å². The van der Waals surface area contributed by atoms with Crippen molar-refractivity contribution in [2.24, 2.45) is 5.92 Å². The molecule has 0 saturated carbocycles. The maximum absolute atomic E-state index is 13.6. The first-order valence-electron chi connectivity index (χ1n) is 11.2. The smallest absolute Gasteiger partial charge is 0.155 e. The number of anilines is 1. The lowest BCUT2D eigenvalue weighted by Crippen LogP contribution is -2.40. The zero-order chi connectivity index (χ0) is 21.7. The van der Waals surface area contributed by atoms with Crippen LogP contribution in [0.2, 0.25) is 0 Å². The van der Waals surface area contributed by atoms with E-state index in [9.17, 15) is 4.39 Å². The number of hydrogen-bond acceptors (Lipinski definition) is 5. The van der Waals surface area contributed by atoms with Crippen molar-refractivity contribution < 1.29 is 4.39 Å². The second-order valence-corrected chi connectivity index (χ2v) is 8.83. The Hall–Kier alpha value is -3.32. The summed E-state index contributed by atoms with van der Waals surface area (Å²) in [6.07, 6.45) is 4.33. The number of fused-ring (bicyclic) bond motifs is 2.